The number of hydrogen-bond donors (Lipinski definition) is 1. The van der Waals surface area contributed by atoms with Crippen molar-refractivity contribution < 1.29 is 14.6 Å². The molecule has 0 spiro atoms. The van der Waals surface area contributed by atoms with Gasteiger partial charge in [0, 0.05) is 36.2 Å². The lowest BCUT2D eigenvalue weighted by Gasteiger charge is -2.41. The molecule has 1 N–H and O–H groups in total. The lowest BCUT2D eigenvalue weighted by molar-refractivity contribution is 0.0239. The lowest BCUT2D eigenvalue weighted by atomic mass is 9.83. The second-order valence-corrected chi connectivity index (χ2v) is 7.58. The molecule has 1 aromatic heterocycles. The number of aliphatic hydroxyl groups excluding tert-OH is 1. The number of nitrogens with zero attached hydrogens (tertiary/aromatic N) is 2. The first-order chi connectivity index (χ1) is 13.2. The third-order valence-electron chi connectivity index (χ3n) is 6.02. The minimum atomic E-state index is -0.335. The van der Waals surface area contributed by atoms with E-state index in [-0.39, 0.29) is 23.8 Å². The molecule has 2 unspecified atom stereocenters. The molecule has 1 saturated heterocycles. The zero-order chi connectivity index (χ0) is 18.8. The van der Waals surface area contributed by atoms with Gasteiger partial charge in [0.25, 0.3) is 0 Å². The lowest BCUT2D eigenvalue weighted by Crippen LogP contribution is -2.51. The molecular formula is C22H26N2O3. The van der Waals surface area contributed by atoms with E-state index in [1.807, 2.05) is 6.07 Å². The molecule has 2 aliphatic rings. The van der Waals surface area contributed by atoms with E-state index in [1.165, 1.54) is 11.1 Å². The van der Waals surface area contributed by atoms with Crippen LogP contribution in [0.5, 0.6) is 5.88 Å². The number of fused-ring (bicyclic) bond motifs is 1. The van der Waals surface area contributed by atoms with E-state index in [0.717, 1.165) is 38.8 Å². The Morgan fingerprint density at radius 2 is 1.81 bits per heavy atom. The van der Waals surface area contributed by atoms with Crippen molar-refractivity contribution in [3.8, 4) is 5.88 Å². The first-order valence-corrected chi connectivity index (χ1v) is 9.69. The van der Waals surface area contributed by atoms with Gasteiger partial charge in [-0.3, -0.25) is 9.69 Å². The van der Waals surface area contributed by atoms with Gasteiger partial charge in [-0.15, -0.1) is 0 Å². The Morgan fingerprint density at radius 3 is 2.44 bits per heavy atom. The summed E-state index contributed by atoms with van der Waals surface area (Å²) < 4.78 is 5.06. The molecule has 0 saturated carbocycles. The summed E-state index contributed by atoms with van der Waals surface area (Å²) in [6.07, 6.45) is 4.54. The van der Waals surface area contributed by atoms with Crippen molar-refractivity contribution in [2.45, 2.75) is 37.8 Å². The SMILES string of the molecule is COc1ccc(C(=O)C2CCN(C3Cc4ccccc4CC3O)CC2)cn1. The van der Waals surface area contributed by atoms with Crippen molar-refractivity contribution in [3.63, 3.8) is 0 Å². The second-order valence-electron chi connectivity index (χ2n) is 7.58. The fourth-order valence-electron chi connectivity index (χ4n) is 4.43. The molecule has 2 heterocycles. The Bertz CT molecular complexity index is 797. The summed E-state index contributed by atoms with van der Waals surface area (Å²) in [4.78, 5) is 19.3. The predicted octanol–water partition coefficient (Wildman–Crippen LogP) is 2.51. The Hall–Kier alpha value is -2.24. The highest BCUT2D eigenvalue weighted by Gasteiger charge is 2.35. The molecule has 142 valence electrons. The Kier molecular flexibility index (Phi) is 5.23. The number of carbonyl (C=O) groups excluding carboxylic acids is 1. The smallest absolute Gasteiger partial charge is 0.212 e. The number of ether oxygens (including phenoxy) is 1. The van der Waals surface area contributed by atoms with E-state index in [9.17, 15) is 9.90 Å². The van der Waals surface area contributed by atoms with E-state index in [2.05, 4.69) is 28.1 Å². The molecule has 0 radical (unpaired) electrons. The number of piperidine rings is 1. The normalized spacial score (nSPS) is 23.6. The van der Waals surface area contributed by atoms with Crippen LogP contribution in [0, 0.1) is 5.92 Å². The molecule has 1 fully saturated rings. The molecule has 0 amide bonds. The van der Waals surface area contributed by atoms with Crippen LogP contribution in [0.25, 0.3) is 0 Å². The van der Waals surface area contributed by atoms with Gasteiger partial charge in [0.2, 0.25) is 5.88 Å². The molecule has 4 rings (SSSR count). The number of aliphatic hydroxyl groups is 1. The van der Waals surface area contributed by atoms with Crippen LogP contribution < -0.4 is 4.74 Å². The fraction of sp³-hybridized carbons (Fsp3) is 0.455. The highest BCUT2D eigenvalue weighted by atomic mass is 16.5. The number of benzene rings is 1. The Labute approximate surface area is 160 Å². The van der Waals surface area contributed by atoms with Crippen LogP contribution in [-0.4, -0.2) is 53.1 Å². The second kappa shape index (κ2) is 7.79. The van der Waals surface area contributed by atoms with Crippen LogP contribution in [0.2, 0.25) is 0 Å². The molecule has 2 atom stereocenters. The Morgan fingerprint density at radius 1 is 1.11 bits per heavy atom. The van der Waals surface area contributed by atoms with Crippen LogP contribution in [-0.2, 0) is 12.8 Å². The van der Waals surface area contributed by atoms with Crippen molar-refractivity contribution in [3.05, 3.63) is 59.3 Å². The minimum absolute atomic E-state index is 0.0319. The monoisotopic (exact) mass is 366 g/mol. The van der Waals surface area contributed by atoms with Crippen molar-refractivity contribution in [2.75, 3.05) is 20.2 Å². The van der Waals surface area contributed by atoms with Gasteiger partial charge >= 0.3 is 0 Å². The van der Waals surface area contributed by atoms with Crippen molar-refractivity contribution in [1.82, 2.24) is 9.88 Å². The van der Waals surface area contributed by atoms with Gasteiger partial charge in [-0.2, -0.15) is 0 Å². The highest BCUT2D eigenvalue weighted by Crippen LogP contribution is 2.29. The van der Waals surface area contributed by atoms with E-state index in [0.29, 0.717) is 11.4 Å². The molecule has 1 aliphatic heterocycles. The number of pyridine rings is 1. The molecule has 5 nitrogen and oxygen atoms in total. The standard InChI is InChI=1S/C22H26N2O3/c1-27-21-7-6-18(14-23-21)22(26)15-8-10-24(11-9-15)19-12-16-4-2-3-5-17(16)13-20(19)25/h2-7,14-15,19-20,25H,8-13H2,1H3. The summed E-state index contributed by atoms with van der Waals surface area (Å²) in [5, 5.41) is 10.6. The fourth-order valence-corrected chi connectivity index (χ4v) is 4.43. The number of hydrogen-bond acceptors (Lipinski definition) is 5. The van der Waals surface area contributed by atoms with Gasteiger partial charge in [0.1, 0.15) is 0 Å². The topological polar surface area (TPSA) is 62.7 Å². The van der Waals surface area contributed by atoms with Crippen molar-refractivity contribution >= 4 is 5.78 Å². The van der Waals surface area contributed by atoms with Crippen molar-refractivity contribution in [2.24, 2.45) is 5.92 Å². The average molecular weight is 366 g/mol. The number of likely N-dealkylation sites (tertiary alicyclic amines) is 1. The quantitative estimate of drug-likeness (QED) is 0.843. The van der Waals surface area contributed by atoms with Crippen LogP contribution in [0.1, 0.15) is 34.3 Å². The third-order valence-corrected chi connectivity index (χ3v) is 6.02. The third kappa shape index (κ3) is 3.75. The predicted molar refractivity (Wildman–Crippen MR) is 103 cm³/mol. The van der Waals surface area contributed by atoms with Gasteiger partial charge in [-0.25, -0.2) is 4.98 Å². The molecule has 0 bridgehead atoms. The van der Waals surface area contributed by atoms with Gasteiger partial charge in [-0.1, -0.05) is 24.3 Å². The Balaban J connectivity index is 1.38. The van der Waals surface area contributed by atoms with Gasteiger partial charge in [0.15, 0.2) is 5.78 Å². The zero-order valence-corrected chi connectivity index (χ0v) is 15.7. The number of ketones is 1. The molecule has 27 heavy (non-hydrogen) atoms. The largest absolute Gasteiger partial charge is 0.481 e. The first kappa shape index (κ1) is 18.1. The van der Waals surface area contributed by atoms with Crippen molar-refractivity contribution in [1.29, 1.82) is 0 Å². The summed E-state index contributed by atoms with van der Waals surface area (Å²) in [7, 11) is 1.57. The first-order valence-electron chi connectivity index (χ1n) is 9.69. The summed E-state index contributed by atoms with van der Waals surface area (Å²) >= 11 is 0. The zero-order valence-electron chi connectivity index (χ0n) is 15.7. The van der Waals surface area contributed by atoms with E-state index in [4.69, 9.17) is 4.74 Å². The molecule has 1 aliphatic carbocycles. The summed E-state index contributed by atoms with van der Waals surface area (Å²) in [6, 6.07) is 12.1. The van der Waals surface area contributed by atoms with E-state index in [1.54, 1.807) is 25.4 Å². The van der Waals surface area contributed by atoms with Crippen LogP contribution in [0.4, 0.5) is 0 Å². The maximum Gasteiger partial charge on any atom is 0.212 e. The van der Waals surface area contributed by atoms with Gasteiger partial charge in [-0.05, 0) is 49.5 Å². The molecule has 1 aromatic carbocycles. The van der Waals surface area contributed by atoms with Gasteiger partial charge < -0.3 is 9.84 Å². The van der Waals surface area contributed by atoms with E-state index >= 15 is 0 Å². The molecule has 2 aromatic rings. The molecule has 5 heteroatoms. The van der Waals surface area contributed by atoms with Crippen LogP contribution >= 0.6 is 0 Å². The summed E-state index contributed by atoms with van der Waals surface area (Å²) in [5.74, 6) is 0.719. The summed E-state index contributed by atoms with van der Waals surface area (Å²) in [6.45, 7) is 1.70. The number of aromatic nitrogens is 1. The average Bonchev–Trinajstić information content (AvgIpc) is 2.73. The molecular weight excluding hydrogens is 340 g/mol. The van der Waals surface area contributed by atoms with E-state index < -0.39 is 0 Å². The van der Waals surface area contributed by atoms with Gasteiger partial charge in [0.05, 0.1) is 13.2 Å². The number of Topliss-reactive ketones (excluding diaryl/α,β-unsaturated/α-hetero) is 1. The number of carbonyl (C=O) groups is 1. The minimum Gasteiger partial charge on any atom is -0.481 e. The maximum atomic E-state index is 12.8. The van der Waals surface area contributed by atoms with Crippen LogP contribution in [0.15, 0.2) is 42.6 Å². The number of methoxy groups -OCH3 is 1. The number of rotatable bonds is 4. The highest BCUT2D eigenvalue weighted by molar-refractivity contribution is 5.97. The maximum absolute atomic E-state index is 12.8. The van der Waals surface area contributed by atoms with Crippen LogP contribution in [0.3, 0.4) is 0 Å². The summed E-state index contributed by atoms with van der Waals surface area (Å²) in [5.41, 5.74) is 3.26.